The Morgan fingerprint density at radius 2 is 1.88 bits per heavy atom. The molecule has 1 aliphatic heterocycles. The highest BCUT2D eigenvalue weighted by molar-refractivity contribution is 7.99. The first-order valence-electron chi connectivity index (χ1n) is 11.4. The second kappa shape index (κ2) is 9.02. The average Bonchev–Trinajstić information content (AvgIpc) is 3.26. The number of benzene rings is 2. The molecule has 3 heterocycles. The third kappa shape index (κ3) is 4.15. The van der Waals surface area contributed by atoms with Crippen LogP contribution in [0.15, 0.2) is 58.5 Å². The largest absolute Gasteiger partial charge is 0.339 e. The van der Waals surface area contributed by atoms with Crippen molar-refractivity contribution in [1.82, 2.24) is 24.1 Å². The molecular weight excluding hydrogens is 434 g/mol. The van der Waals surface area contributed by atoms with Gasteiger partial charge in [0.05, 0.1) is 23.2 Å². The fourth-order valence-corrected chi connectivity index (χ4v) is 5.35. The molecule has 0 aliphatic carbocycles. The fraction of sp³-hybridized carbons (Fsp3) is 0.360. The number of likely N-dealkylation sites (tertiary alicyclic amines) is 1. The molecule has 0 spiro atoms. The summed E-state index contributed by atoms with van der Waals surface area (Å²) >= 11 is 1.38. The average molecular weight is 462 g/mol. The number of nitrogens with zero attached hydrogens (tertiary/aromatic N) is 5. The van der Waals surface area contributed by atoms with Crippen LogP contribution < -0.4 is 5.56 Å². The van der Waals surface area contributed by atoms with Crippen LogP contribution in [0, 0.1) is 6.92 Å². The highest BCUT2D eigenvalue weighted by Crippen LogP contribution is 2.24. The van der Waals surface area contributed by atoms with E-state index in [0.29, 0.717) is 28.6 Å². The number of fused-ring (bicyclic) bond motifs is 3. The number of amides is 1. The molecule has 5 rings (SSSR count). The quantitative estimate of drug-likeness (QED) is 0.422. The molecule has 1 saturated heterocycles. The third-order valence-corrected chi connectivity index (χ3v) is 7.30. The molecule has 1 amide bonds. The molecule has 2 aromatic heterocycles. The van der Waals surface area contributed by atoms with Crippen molar-refractivity contribution in [3.05, 3.63) is 70.0 Å². The molecular formula is C25H27N5O2S. The molecule has 1 atom stereocenters. The van der Waals surface area contributed by atoms with E-state index in [9.17, 15) is 9.59 Å². The van der Waals surface area contributed by atoms with Crippen molar-refractivity contribution in [2.24, 2.45) is 0 Å². The van der Waals surface area contributed by atoms with Crippen LogP contribution >= 0.6 is 11.8 Å². The zero-order chi connectivity index (χ0) is 22.9. The van der Waals surface area contributed by atoms with Crippen molar-refractivity contribution in [2.75, 3.05) is 12.3 Å². The Bertz CT molecular complexity index is 1380. The predicted octanol–water partition coefficient (Wildman–Crippen LogP) is 3.89. The Morgan fingerprint density at radius 3 is 2.67 bits per heavy atom. The van der Waals surface area contributed by atoms with Crippen molar-refractivity contribution in [3.63, 3.8) is 0 Å². The van der Waals surface area contributed by atoms with Gasteiger partial charge in [-0.25, -0.2) is 0 Å². The Labute approximate surface area is 196 Å². The van der Waals surface area contributed by atoms with Gasteiger partial charge in [0, 0.05) is 12.6 Å². The number of rotatable bonds is 5. The van der Waals surface area contributed by atoms with E-state index in [-0.39, 0.29) is 17.5 Å². The summed E-state index contributed by atoms with van der Waals surface area (Å²) in [5, 5.41) is 9.99. The minimum absolute atomic E-state index is 0.0964. The van der Waals surface area contributed by atoms with E-state index in [0.717, 1.165) is 30.5 Å². The van der Waals surface area contributed by atoms with Crippen LogP contribution in [0.5, 0.6) is 0 Å². The van der Waals surface area contributed by atoms with Gasteiger partial charge in [0.25, 0.3) is 5.56 Å². The lowest BCUT2D eigenvalue weighted by Gasteiger charge is -2.33. The van der Waals surface area contributed by atoms with Crippen molar-refractivity contribution in [1.29, 1.82) is 0 Å². The molecule has 170 valence electrons. The maximum Gasteiger partial charge on any atom is 0.263 e. The molecule has 1 fully saturated rings. The van der Waals surface area contributed by atoms with Gasteiger partial charge in [0.15, 0.2) is 5.16 Å². The normalized spacial score (nSPS) is 16.5. The first-order valence-corrected chi connectivity index (χ1v) is 12.4. The maximum atomic E-state index is 13.3. The van der Waals surface area contributed by atoms with Crippen LogP contribution in [0.4, 0.5) is 0 Å². The van der Waals surface area contributed by atoms with Crippen molar-refractivity contribution in [3.8, 4) is 0 Å². The van der Waals surface area contributed by atoms with Crippen molar-refractivity contribution in [2.45, 2.75) is 50.9 Å². The number of carbonyl (C=O) groups excluding carboxylic acids is 1. The zero-order valence-electron chi connectivity index (χ0n) is 18.9. The summed E-state index contributed by atoms with van der Waals surface area (Å²) in [5.74, 6) is 0.915. The Hall–Kier alpha value is -3.13. The highest BCUT2D eigenvalue weighted by atomic mass is 32.2. The smallest absolute Gasteiger partial charge is 0.263 e. The highest BCUT2D eigenvalue weighted by Gasteiger charge is 2.24. The van der Waals surface area contributed by atoms with E-state index in [1.54, 1.807) is 4.57 Å². The van der Waals surface area contributed by atoms with Crippen LogP contribution in [0.3, 0.4) is 0 Å². The van der Waals surface area contributed by atoms with Gasteiger partial charge in [-0.3, -0.25) is 18.6 Å². The number of piperidine rings is 1. The summed E-state index contributed by atoms with van der Waals surface area (Å²) in [6.45, 7) is 5.38. The number of thioether (sulfide) groups is 1. The van der Waals surface area contributed by atoms with Crippen LogP contribution in [0.2, 0.25) is 0 Å². The molecule has 0 saturated carbocycles. The molecule has 1 aliphatic rings. The topological polar surface area (TPSA) is 72.5 Å². The molecule has 33 heavy (non-hydrogen) atoms. The zero-order valence-corrected chi connectivity index (χ0v) is 19.7. The van der Waals surface area contributed by atoms with E-state index < -0.39 is 0 Å². The number of hydrogen-bond acceptors (Lipinski definition) is 5. The molecule has 2 aromatic carbocycles. The fourth-order valence-electron chi connectivity index (χ4n) is 4.52. The lowest BCUT2D eigenvalue weighted by atomic mass is 10.0. The van der Waals surface area contributed by atoms with E-state index >= 15 is 0 Å². The Balaban J connectivity index is 1.53. The van der Waals surface area contributed by atoms with Gasteiger partial charge in [-0.15, -0.1) is 10.2 Å². The van der Waals surface area contributed by atoms with Crippen LogP contribution in [-0.4, -0.2) is 48.3 Å². The van der Waals surface area contributed by atoms with E-state index in [1.807, 2.05) is 64.8 Å². The Kier molecular flexibility index (Phi) is 5.93. The molecule has 4 aromatic rings. The number of para-hydroxylation sites is 1. The van der Waals surface area contributed by atoms with Gasteiger partial charge in [-0.2, -0.15) is 0 Å². The van der Waals surface area contributed by atoms with Crippen molar-refractivity contribution >= 4 is 34.3 Å². The summed E-state index contributed by atoms with van der Waals surface area (Å²) in [6.07, 6.45) is 3.29. The van der Waals surface area contributed by atoms with E-state index in [4.69, 9.17) is 0 Å². The summed E-state index contributed by atoms with van der Waals surface area (Å²) in [6, 6.07) is 15.9. The molecule has 0 N–H and O–H groups in total. The van der Waals surface area contributed by atoms with Crippen LogP contribution in [-0.2, 0) is 11.3 Å². The van der Waals surface area contributed by atoms with Gasteiger partial charge < -0.3 is 4.90 Å². The SMILES string of the molecule is Cc1ccc(Cn2c(=O)c3ccccc3n3c(SCC(=O)N4CCCC[C@H]4C)nnc23)cc1. The molecule has 0 unspecified atom stereocenters. The predicted molar refractivity (Wildman–Crippen MR) is 131 cm³/mol. The van der Waals surface area contributed by atoms with Crippen molar-refractivity contribution < 1.29 is 4.79 Å². The van der Waals surface area contributed by atoms with Gasteiger partial charge in [0.2, 0.25) is 11.7 Å². The first kappa shape index (κ1) is 21.7. The molecule has 7 nitrogen and oxygen atoms in total. The second-order valence-corrected chi connectivity index (χ2v) is 9.68. The summed E-state index contributed by atoms with van der Waals surface area (Å²) in [7, 11) is 0. The van der Waals surface area contributed by atoms with E-state index in [2.05, 4.69) is 17.1 Å². The third-order valence-electron chi connectivity index (χ3n) is 6.39. The first-order chi connectivity index (χ1) is 16.0. The number of aryl methyl sites for hydroxylation is 1. The van der Waals surface area contributed by atoms with Crippen LogP contribution in [0.25, 0.3) is 16.7 Å². The van der Waals surface area contributed by atoms with Gasteiger partial charge in [-0.05, 0) is 50.8 Å². The maximum absolute atomic E-state index is 13.3. The second-order valence-electron chi connectivity index (χ2n) is 8.73. The van der Waals surface area contributed by atoms with Gasteiger partial charge in [0.1, 0.15) is 0 Å². The number of hydrogen-bond donors (Lipinski definition) is 0. The monoisotopic (exact) mass is 461 g/mol. The molecule has 8 heteroatoms. The van der Waals surface area contributed by atoms with E-state index in [1.165, 1.54) is 23.7 Å². The number of carbonyl (C=O) groups is 1. The minimum Gasteiger partial charge on any atom is -0.339 e. The molecule has 0 radical (unpaired) electrons. The summed E-state index contributed by atoms with van der Waals surface area (Å²) in [5.41, 5.74) is 2.85. The summed E-state index contributed by atoms with van der Waals surface area (Å²) < 4.78 is 3.57. The Morgan fingerprint density at radius 1 is 1.09 bits per heavy atom. The van der Waals surface area contributed by atoms with Gasteiger partial charge >= 0.3 is 0 Å². The van der Waals surface area contributed by atoms with Crippen LogP contribution in [0.1, 0.15) is 37.3 Å². The number of aromatic nitrogens is 4. The minimum atomic E-state index is -0.0964. The lowest BCUT2D eigenvalue weighted by Crippen LogP contribution is -2.42. The summed E-state index contributed by atoms with van der Waals surface area (Å²) in [4.78, 5) is 28.2. The van der Waals surface area contributed by atoms with Gasteiger partial charge in [-0.1, -0.05) is 53.7 Å². The molecule has 0 bridgehead atoms. The lowest BCUT2D eigenvalue weighted by molar-refractivity contribution is -0.131. The standard InChI is InChI=1S/C25H27N5O2S/c1-17-10-12-19(13-11-17)15-29-23(32)20-8-3-4-9-21(20)30-24(29)26-27-25(30)33-16-22(31)28-14-6-5-7-18(28)2/h3-4,8-13,18H,5-7,14-16H2,1-2H3/t18-/m1/s1.